The van der Waals surface area contributed by atoms with Crippen LogP contribution in [0.4, 0.5) is 0 Å². The van der Waals surface area contributed by atoms with E-state index in [9.17, 15) is 0 Å². The summed E-state index contributed by atoms with van der Waals surface area (Å²) in [5.74, 6) is 0.822. The Bertz CT molecular complexity index is 104. The van der Waals surface area contributed by atoms with E-state index < -0.39 is 0 Å². The Morgan fingerprint density at radius 1 is 1.62 bits per heavy atom. The Morgan fingerprint density at radius 3 is 2.62 bits per heavy atom. The molecule has 0 unspecified atom stereocenters. The smallest absolute Gasteiger partial charge is 0.113 e. The van der Waals surface area contributed by atoms with Gasteiger partial charge in [0.2, 0.25) is 0 Å². The van der Waals surface area contributed by atoms with Crippen molar-refractivity contribution in [3.63, 3.8) is 0 Å². The van der Waals surface area contributed by atoms with Gasteiger partial charge in [-0.15, -0.1) is 0 Å². The molecule has 0 saturated heterocycles. The first-order valence-corrected chi connectivity index (χ1v) is 2.48. The van der Waals surface area contributed by atoms with E-state index >= 15 is 0 Å². The Kier molecular flexibility index (Phi) is 3.84. The Labute approximate surface area is 49.5 Å². The van der Waals surface area contributed by atoms with E-state index in [0.29, 0.717) is 0 Å². The van der Waals surface area contributed by atoms with Gasteiger partial charge in [-0.1, -0.05) is 0 Å². The van der Waals surface area contributed by atoms with Crippen LogP contribution in [0, 0.1) is 0 Å². The summed E-state index contributed by atoms with van der Waals surface area (Å²) in [5, 5.41) is 3.74. The van der Waals surface area contributed by atoms with Crippen molar-refractivity contribution in [1.29, 1.82) is 0 Å². The van der Waals surface area contributed by atoms with Gasteiger partial charge >= 0.3 is 0 Å². The fourth-order valence-corrected chi connectivity index (χ4v) is 0.208. The van der Waals surface area contributed by atoms with Crippen molar-refractivity contribution >= 4 is 12.1 Å². The molecule has 0 bridgehead atoms. The zero-order chi connectivity index (χ0) is 6.41. The predicted molar refractivity (Wildman–Crippen MR) is 36.3 cm³/mol. The summed E-state index contributed by atoms with van der Waals surface area (Å²) in [6.45, 7) is 3.70. The molecule has 0 amide bonds. The van der Waals surface area contributed by atoms with Crippen LogP contribution in [0.15, 0.2) is 10.1 Å². The molecular weight excluding hydrogens is 102 g/mol. The van der Waals surface area contributed by atoms with Crippen LogP contribution in [0.1, 0.15) is 13.8 Å². The molecule has 0 aromatic rings. The van der Waals surface area contributed by atoms with Crippen LogP contribution in [-0.4, -0.2) is 19.1 Å². The van der Waals surface area contributed by atoms with Gasteiger partial charge in [0.15, 0.2) is 0 Å². The van der Waals surface area contributed by atoms with E-state index in [1.54, 1.807) is 13.3 Å². The lowest BCUT2D eigenvalue weighted by molar-refractivity contribution is 1.01. The maximum absolute atomic E-state index is 3.82. The summed E-state index contributed by atoms with van der Waals surface area (Å²) in [6.07, 6.45) is 1.68. The summed E-state index contributed by atoms with van der Waals surface area (Å²) >= 11 is 0. The second-order valence-electron chi connectivity index (χ2n) is 1.31. The SMILES string of the molecule is C/C=N\NC(C)=NC. The Balaban J connectivity index is 3.40. The third-order valence-electron chi connectivity index (χ3n) is 0.691. The standard InChI is InChI=1S/C5H11N3/c1-4-7-8-5(2)6-3/h4H,1-3H3,(H,6,8)/b7-4-. The van der Waals surface area contributed by atoms with Gasteiger partial charge in [0.1, 0.15) is 5.84 Å². The van der Waals surface area contributed by atoms with Crippen LogP contribution in [0.5, 0.6) is 0 Å². The van der Waals surface area contributed by atoms with E-state index in [4.69, 9.17) is 0 Å². The molecule has 0 fully saturated rings. The van der Waals surface area contributed by atoms with Crippen LogP contribution in [0.3, 0.4) is 0 Å². The number of hydrogen-bond donors (Lipinski definition) is 1. The molecule has 0 aliphatic carbocycles. The van der Waals surface area contributed by atoms with Crippen molar-refractivity contribution in [3.8, 4) is 0 Å². The fraction of sp³-hybridized carbons (Fsp3) is 0.600. The van der Waals surface area contributed by atoms with E-state index in [1.165, 1.54) is 0 Å². The summed E-state index contributed by atoms with van der Waals surface area (Å²) < 4.78 is 0. The second-order valence-corrected chi connectivity index (χ2v) is 1.31. The number of aliphatic imine (C=N–C) groups is 1. The highest BCUT2D eigenvalue weighted by Crippen LogP contribution is 1.65. The zero-order valence-corrected chi connectivity index (χ0v) is 5.47. The first-order valence-electron chi connectivity index (χ1n) is 2.48. The summed E-state index contributed by atoms with van der Waals surface area (Å²) in [5.41, 5.74) is 2.70. The van der Waals surface area contributed by atoms with Gasteiger partial charge in [-0.3, -0.25) is 10.4 Å². The van der Waals surface area contributed by atoms with Crippen molar-refractivity contribution < 1.29 is 0 Å². The minimum Gasteiger partial charge on any atom is -0.275 e. The van der Waals surface area contributed by atoms with Crippen molar-refractivity contribution in [1.82, 2.24) is 5.43 Å². The summed E-state index contributed by atoms with van der Waals surface area (Å²) in [7, 11) is 1.72. The number of amidine groups is 1. The van der Waals surface area contributed by atoms with Crippen molar-refractivity contribution in [3.05, 3.63) is 0 Å². The number of nitrogens with one attached hydrogen (secondary N) is 1. The average Bonchev–Trinajstić information content (AvgIpc) is 1.83. The highest BCUT2D eigenvalue weighted by molar-refractivity contribution is 5.79. The average molecular weight is 113 g/mol. The topological polar surface area (TPSA) is 36.8 Å². The molecule has 0 spiro atoms. The highest BCUT2D eigenvalue weighted by atomic mass is 15.3. The fourth-order valence-electron chi connectivity index (χ4n) is 0.208. The lowest BCUT2D eigenvalue weighted by atomic mass is 10.7. The van der Waals surface area contributed by atoms with E-state index in [1.807, 2.05) is 13.8 Å². The molecule has 3 heteroatoms. The molecule has 0 heterocycles. The van der Waals surface area contributed by atoms with Gasteiger partial charge in [-0.25, -0.2) is 0 Å². The lowest BCUT2D eigenvalue weighted by Crippen LogP contribution is -2.12. The molecule has 46 valence electrons. The summed E-state index contributed by atoms with van der Waals surface area (Å²) in [6, 6.07) is 0. The third-order valence-corrected chi connectivity index (χ3v) is 0.691. The lowest BCUT2D eigenvalue weighted by Gasteiger charge is -1.92. The molecule has 3 nitrogen and oxygen atoms in total. The molecule has 0 rings (SSSR count). The third kappa shape index (κ3) is 3.33. The van der Waals surface area contributed by atoms with Crippen LogP contribution >= 0.6 is 0 Å². The van der Waals surface area contributed by atoms with Gasteiger partial charge in [-0.2, -0.15) is 5.10 Å². The molecule has 0 atom stereocenters. The van der Waals surface area contributed by atoms with Gasteiger partial charge in [-0.05, 0) is 13.8 Å². The van der Waals surface area contributed by atoms with E-state index in [0.717, 1.165) is 5.84 Å². The molecule has 0 radical (unpaired) electrons. The molecule has 0 aliphatic heterocycles. The van der Waals surface area contributed by atoms with E-state index in [2.05, 4.69) is 15.5 Å². The van der Waals surface area contributed by atoms with Gasteiger partial charge < -0.3 is 0 Å². The normalized spacial score (nSPS) is 12.6. The highest BCUT2D eigenvalue weighted by Gasteiger charge is 1.76. The van der Waals surface area contributed by atoms with Gasteiger partial charge in [0.25, 0.3) is 0 Å². The van der Waals surface area contributed by atoms with Crippen molar-refractivity contribution in [2.75, 3.05) is 7.05 Å². The maximum Gasteiger partial charge on any atom is 0.113 e. The molecule has 0 aliphatic rings. The quantitative estimate of drug-likeness (QED) is 0.302. The van der Waals surface area contributed by atoms with Crippen LogP contribution in [0.25, 0.3) is 0 Å². The van der Waals surface area contributed by atoms with Crippen LogP contribution in [0.2, 0.25) is 0 Å². The Hall–Kier alpha value is -0.860. The minimum atomic E-state index is 0.822. The van der Waals surface area contributed by atoms with Gasteiger partial charge in [0.05, 0.1) is 0 Å². The van der Waals surface area contributed by atoms with Crippen LogP contribution < -0.4 is 5.43 Å². The second kappa shape index (κ2) is 4.30. The summed E-state index contributed by atoms with van der Waals surface area (Å²) in [4.78, 5) is 3.82. The first kappa shape index (κ1) is 7.14. The number of rotatable bonds is 1. The Morgan fingerprint density at radius 2 is 2.25 bits per heavy atom. The van der Waals surface area contributed by atoms with E-state index in [-0.39, 0.29) is 0 Å². The zero-order valence-electron chi connectivity index (χ0n) is 5.47. The van der Waals surface area contributed by atoms with Crippen LogP contribution in [-0.2, 0) is 0 Å². The molecule has 0 aromatic heterocycles. The number of nitrogens with zero attached hydrogens (tertiary/aromatic N) is 2. The first-order chi connectivity index (χ1) is 3.81. The monoisotopic (exact) mass is 113 g/mol. The largest absolute Gasteiger partial charge is 0.275 e. The van der Waals surface area contributed by atoms with Gasteiger partial charge in [0, 0.05) is 13.3 Å². The predicted octanol–water partition coefficient (Wildman–Crippen LogP) is 0.630. The molecule has 0 saturated carbocycles. The maximum atomic E-state index is 3.82. The molecule has 8 heavy (non-hydrogen) atoms. The number of hydrogen-bond acceptors (Lipinski definition) is 2. The number of hydrazone groups is 1. The minimum absolute atomic E-state index is 0.822. The van der Waals surface area contributed by atoms with Crippen molar-refractivity contribution in [2.45, 2.75) is 13.8 Å². The molecule has 0 aromatic carbocycles. The molecule has 1 N–H and O–H groups in total. The molecular formula is C5H11N3. The van der Waals surface area contributed by atoms with Crippen molar-refractivity contribution in [2.24, 2.45) is 10.1 Å².